The van der Waals surface area contributed by atoms with Gasteiger partial charge in [-0.1, -0.05) is 26.0 Å². The quantitative estimate of drug-likeness (QED) is 0.780. The number of fused-ring (bicyclic) bond motifs is 1. The second kappa shape index (κ2) is 5.32. The second-order valence-electron chi connectivity index (χ2n) is 6.29. The maximum atomic E-state index is 12.7. The molecule has 1 aromatic heterocycles. The van der Waals surface area contributed by atoms with Crippen molar-refractivity contribution in [2.45, 2.75) is 39.5 Å². The highest BCUT2D eigenvalue weighted by Gasteiger charge is 2.36. The standard InChI is InChI=1S/C16H22N2OS/c1-10(2)15-17-11(3)14(20-15)16(19)18-8-12-6-4-5-7-13(12)9-18/h4-5,10,12-13H,6-9H2,1-3H3/t12-,13+. The summed E-state index contributed by atoms with van der Waals surface area (Å²) in [6, 6.07) is 0. The van der Waals surface area contributed by atoms with Crippen LogP contribution < -0.4 is 0 Å². The first-order valence-corrected chi connectivity index (χ1v) is 8.29. The van der Waals surface area contributed by atoms with Gasteiger partial charge in [0, 0.05) is 19.0 Å². The van der Waals surface area contributed by atoms with Gasteiger partial charge >= 0.3 is 0 Å². The minimum Gasteiger partial charge on any atom is -0.337 e. The van der Waals surface area contributed by atoms with Gasteiger partial charge in [-0.3, -0.25) is 4.79 Å². The van der Waals surface area contributed by atoms with Crippen LogP contribution in [0.4, 0.5) is 0 Å². The number of carbonyl (C=O) groups is 1. The lowest BCUT2D eigenvalue weighted by Gasteiger charge is -2.17. The zero-order valence-corrected chi connectivity index (χ0v) is 13.2. The summed E-state index contributed by atoms with van der Waals surface area (Å²) in [7, 11) is 0. The van der Waals surface area contributed by atoms with Crippen molar-refractivity contribution in [3.8, 4) is 0 Å². The van der Waals surface area contributed by atoms with Gasteiger partial charge in [0.1, 0.15) is 4.88 Å². The van der Waals surface area contributed by atoms with Gasteiger partial charge in [-0.2, -0.15) is 0 Å². The minimum absolute atomic E-state index is 0.196. The number of rotatable bonds is 2. The first kappa shape index (κ1) is 13.8. The van der Waals surface area contributed by atoms with E-state index in [1.54, 1.807) is 11.3 Å². The average molecular weight is 290 g/mol. The molecule has 0 radical (unpaired) electrons. The van der Waals surface area contributed by atoms with Crippen LogP contribution in [0.1, 0.15) is 53.0 Å². The van der Waals surface area contributed by atoms with Crippen LogP contribution in [-0.4, -0.2) is 28.9 Å². The average Bonchev–Trinajstić information content (AvgIpc) is 3.01. The number of hydrogen-bond donors (Lipinski definition) is 0. The Labute approximate surface area is 124 Å². The Morgan fingerprint density at radius 3 is 2.40 bits per heavy atom. The van der Waals surface area contributed by atoms with E-state index in [1.165, 1.54) is 0 Å². The number of aromatic nitrogens is 1. The maximum Gasteiger partial charge on any atom is 0.265 e. The van der Waals surface area contributed by atoms with Crippen molar-refractivity contribution in [1.29, 1.82) is 0 Å². The molecule has 2 aliphatic rings. The van der Waals surface area contributed by atoms with Crippen LogP contribution >= 0.6 is 11.3 Å². The van der Waals surface area contributed by atoms with Crippen molar-refractivity contribution < 1.29 is 4.79 Å². The number of carbonyl (C=O) groups excluding carboxylic acids is 1. The molecule has 4 heteroatoms. The molecular formula is C16H22N2OS. The molecule has 1 fully saturated rings. The van der Waals surface area contributed by atoms with E-state index in [2.05, 4.69) is 31.0 Å². The molecule has 1 amide bonds. The number of amides is 1. The normalized spacial score (nSPS) is 25.3. The fourth-order valence-corrected chi connectivity index (χ4v) is 4.22. The zero-order chi connectivity index (χ0) is 14.3. The zero-order valence-electron chi connectivity index (χ0n) is 12.4. The van der Waals surface area contributed by atoms with Crippen molar-refractivity contribution in [1.82, 2.24) is 9.88 Å². The molecule has 1 aromatic rings. The van der Waals surface area contributed by atoms with Crippen molar-refractivity contribution in [2.75, 3.05) is 13.1 Å². The van der Waals surface area contributed by atoms with E-state index in [0.29, 0.717) is 17.8 Å². The highest BCUT2D eigenvalue weighted by molar-refractivity contribution is 7.13. The molecule has 0 aromatic carbocycles. The van der Waals surface area contributed by atoms with Crippen LogP contribution in [0.3, 0.4) is 0 Å². The van der Waals surface area contributed by atoms with E-state index >= 15 is 0 Å². The molecule has 1 aliphatic heterocycles. The fraction of sp³-hybridized carbons (Fsp3) is 0.625. The molecular weight excluding hydrogens is 268 g/mol. The predicted octanol–water partition coefficient (Wildman–Crippen LogP) is 3.61. The monoisotopic (exact) mass is 290 g/mol. The van der Waals surface area contributed by atoms with Crippen molar-refractivity contribution in [2.24, 2.45) is 11.8 Å². The van der Waals surface area contributed by atoms with E-state index in [1.807, 2.05) is 11.8 Å². The minimum atomic E-state index is 0.196. The Morgan fingerprint density at radius 2 is 1.90 bits per heavy atom. The Morgan fingerprint density at radius 1 is 1.30 bits per heavy atom. The molecule has 20 heavy (non-hydrogen) atoms. The number of thiazole rings is 1. The molecule has 0 saturated carbocycles. The smallest absolute Gasteiger partial charge is 0.265 e. The third kappa shape index (κ3) is 2.41. The molecule has 2 atom stereocenters. The van der Waals surface area contributed by atoms with Crippen molar-refractivity contribution in [3.05, 3.63) is 27.7 Å². The maximum absolute atomic E-state index is 12.7. The summed E-state index contributed by atoms with van der Waals surface area (Å²) in [6.45, 7) is 8.05. The Bertz CT molecular complexity index is 531. The van der Waals surface area contributed by atoms with Gasteiger partial charge in [0.25, 0.3) is 5.91 Å². The first-order valence-electron chi connectivity index (χ1n) is 7.48. The summed E-state index contributed by atoms with van der Waals surface area (Å²) in [6.07, 6.45) is 6.80. The topological polar surface area (TPSA) is 33.2 Å². The summed E-state index contributed by atoms with van der Waals surface area (Å²) < 4.78 is 0. The van der Waals surface area contributed by atoms with Gasteiger partial charge in [0.05, 0.1) is 10.7 Å². The molecule has 1 saturated heterocycles. The molecule has 3 nitrogen and oxygen atoms in total. The van der Waals surface area contributed by atoms with Crippen molar-refractivity contribution in [3.63, 3.8) is 0 Å². The lowest BCUT2D eigenvalue weighted by molar-refractivity contribution is 0.0788. The molecule has 0 spiro atoms. The van der Waals surface area contributed by atoms with E-state index in [9.17, 15) is 4.79 Å². The number of hydrogen-bond acceptors (Lipinski definition) is 3. The SMILES string of the molecule is Cc1nc(C(C)C)sc1C(=O)N1C[C@H]2CC=CC[C@H]2C1. The Balaban J connectivity index is 1.77. The van der Waals surface area contributed by atoms with Gasteiger partial charge in [-0.05, 0) is 31.6 Å². The summed E-state index contributed by atoms with van der Waals surface area (Å²) in [5.41, 5.74) is 0.900. The van der Waals surface area contributed by atoms with Crippen LogP contribution in [0.25, 0.3) is 0 Å². The van der Waals surface area contributed by atoms with Gasteiger partial charge in [-0.15, -0.1) is 11.3 Å². The van der Waals surface area contributed by atoms with Crippen LogP contribution in [-0.2, 0) is 0 Å². The van der Waals surface area contributed by atoms with Crippen molar-refractivity contribution >= 4 is 17.2 Å². The lowest BCUT2D eigenvalue weighted by Crippen LogP contribution is -2.28. The molecule has 1 aliphatic carbocycles. The molecule has 0 bridgehead atoms. The highest BCUT2D eigenvalue weighted by atomic mass is 32.1. The van der Waals surface area contributed by atoms with Gasteiger partial charge < -0.3 is 4.90 Å². The number of likely N-dealkylation sites (tertiary alicyclic amines) is 1. The van der Waals surface area contributed by atoms with Crippen LogP contribution in [0, 0.1) is 18.8 Å². The predicted molar refractivity (Wildman–Crippen MR) is 82.2 cm³/mol. The molecule has 0 unspecified atom stereocenters. The second-order valence-corrected chi connectivity index (χ2v) is 7.33. The third-order valence-corrected chi connectivity index (χ3v) is 5.86. The fourth-order valence-electron chi connectivity index (χ4n) is 3.19. The molecule has 3 rings (SSSR count). The van der Waals surface area contributed by atoms with E-state index in [-0.39, 0.29) is 5.91 Å². The largest absolute Gasteiger partial charge is 0.337 e. The van der Waals surface area contributed by atoms with Crippen LogP contribution in [0.2, 0.25) is 0 Å². The van der Waals surface area contributed by atoms with Gasteiger partial charge in [0.2, 0.25) is 0 Å². The first-order chi connectivity index (χ1) is 9.56. The summed E-state index contributed by atoms with van der Waals surface area (Å²) in [4.78, 5) is 20.2. The number of allylic oxidation sites excluding steroid dienone is 2. The third-order valence-electron chi connectivity index (χ3n) is 4.41. The lowest BCUT2D eigenvalue weighted by atomic mass is 9.86. The number of nitrogens with zero attached hydrogens (tertiary/aromatic N) is 2. The summed E-state index contributed by atoms with van der Waals surface area (Å²) >= 11 is 1.58. The van der Waals surface area contributed by atoms with Crippen LogP contribution in [0.5, 0.6) is 0 Å². The summed E-state index contributed by atoms with van der Waals surface area (Å²) in [5, 5.41) is 1.07. The van der Waals surface area contributed by atoms with Gasteiger partial charge in [-0.25, -0.2) is 4.98 Å². The van der Waals surface area contributed by atoms with Gasteiger partial charge in [0.15, 0.2) is 0 Å². The van der Waals surface area contributed by atoms with E-state index in [0.717, 1.165) is 41.5 Å². The highest BCUT2D eigenvalue weighted by Crippen LogP contribution is 2.34. The molecule has 0 N–H and O–H groups in total. The Hall–Kier alpha value is -1.16. The molecule has 108 valence electrons. The van der Waals surface area contributed by atoms with E-state index in [4.69, 9.17) is 0 Å². The summed E-state index contributed by atoms with van der Waals surface area (Å²) in [5.74, 6) is 1.93. The number of aryl methyl sites for hydroxylation is 1. The Kier molecular flexibility index (Phi) is 3.67. The van der Waals surface area contributed by atoms with E-state index < -0.39 is 0 Å². The van der Waals surface area contributed by atoms with Crippen LogP contribution in [0.15, 0.2) is 12.2 Å². The molecule has 2 heterocycles.